The van der Waals surface area contributed by atoms with Crippen LogP contribution in [0.4, 0.5) is 34.9 Å². The van der Waals surface area contributed by atoms with Crippen LogP contribution >= 0.6 is 50.7 Å². The second kappa shape index (κ2) is 55.2. The summed E-state index contributed by atoms with van der Waals surface area (Å²) in [7, 11) is 0. The lowest BCUT2D eigenvalue weighted by Gasteiger charge is -2.26. The molecule has 0 unspecified atom stereocenters. The summed E-state index contributed by atoms with van der Waals surface area (Å²) in [5.41, 5.74) is 23.2. The van der Waals surface area contributed by atoms with Crippen molar-refractivity contribution in [3.63, 3.8) is 0 Å². The zero-order valence-corrected chi connectivity index (χ0v) is 68.6. The summed E-state index contributed by atoms with van der Waals surface area (Å²) >= 11 is 17.9. The van der Waals surface area contributed by atoms with Crippen molar-refractivity contribution in [2.45, 2.75) is 53.1 Å². The third kappa shape index (κ3) is 39.9. The highest BCUT2D eigenvalue weighted by Crippen LogP contribution is 2.15. The number of carbonyl (C=O) groups excluding carboxylic acids is 6. The zero-order valence-electron chi connectivity index (χ0n) is 64.7. The Labute approximate surface area is 698 Å². The Hall–Kier alpha value is -12.3. The number of hydrogen-bond donors (Lipinski definition) is 9. The first-order valence-electron chi connectivity index (χ1n) is 37.0. The third-order valence-corrected chi connectivity index (χ3v) is 16.6. The van der Waals surface area contributed by atoms with Gasteiger partial charge in [0.2, 0.25) is 23.0 Å². The molecular weight excluding hydrogens is 1610 g/mol. The summed E-state index contributed by atoms with van der Waals surface area (Å²) in [6.45, 7) is 13.5. The molecule has 0 atom stereocenters. The van der Waals surface area contributed by atoms with Crippen LogP contribution in [-0.2, 0) is 77.5 Å². The van der Waals surface area contributed by atoms with Crippen molar-refractivity contribution in [3.8, 4) is 0 Å². The average molecular weight is 1710 g/mol. The molecule has 7 heterocycles. The number of nitrogens with zero attached hydrogens (tertiary/aromatic N) is 13. The van der Waals surface area contributed by atoms with Gasteiger partial charge in [0, 0.05) is 107 Å². The molecule has 1 fully saturated rings. The number of ether oxygens (including phenoxy) is 2. The van der Waals surface area contributed by atoms with E-state index in [2.05, 4.69) is 132 Å². The number of alkyl halides is 3. The minimum Gasteiger partial charge on any atom is -0.465 e. The first-order chi connectivity index (χ1) is 56.4. The second-order valence-corrected chi connectivity index (χ2v) is 26.1. The number of aromatic nitrogens is 12. The number of esters is 2. The molecule has 12 aromatic rings. The van der Waals surface area contributed by atoms with E-state index in [4.69, 9.17) is 56.7 Å². The largest absolute Gasteiger partial charge is 0.465 e. The van der Waals surface area contributed by atoms with E-state index in [-0.39, 0.29) is 48.6 Å². The number of nitrogens with one attached hydrogen (secondary N) is 6. The smallest absolute Gasteiger partial charge is 0.325 e. The van der Waals surface area contributed by atoms with Gasteiger partial charge in [0.05, 0.1) is 71.5 Å². The van der Waals surface area contributed by atoms with Gasteiger partial charge in [-0.2, -0.15) is 30.6 Å². The maximum absolute atomic E-state index is 11.4. The standard InChI is InChI=1S/C14H17ClN4O.C14H16N4O.C14H17N3O2.C12H14N4O.C12H16N4.C10H11N3.C4H7BrO2.C2H2Cl2O/c15-10-14(20)17-8-7-16-13-6-9-19(18-13)11-12-4-2-1-3-5-12;19-14-11-17(9-7-15-14)13-6-8-18(16-13)10-12-4-2-1-3-5-12;1-2-19-14(18)10-15-13-8-9-17(16-13)11-12-6-4-3-5-7-12;13-11(17)8-14-12-6-7-16(15-12)9-10-4-2-1-3-5-10;13-7-8-14-12-6-9-16(15-12)10-11-4-2-1-3-5-11;11-10-6-7-13(12-10)8-9-4-2-1-3-5-9;1-2-7-4(6)3-5;3-1-2(4)5/h1-6,9H,7-8,10-11H2,(H,16,18)(H,17,20);1-6,8H,7,9-11H2,(H,15,19);3-9H,2,10-11H2,1H3,(H,15,16);1-7H,8-9H2,(H2,13,17)(H,14,15);1-6,9H,7-8,10,13H2,(H,14,15);1-7H,8H2,(H2,11,12);2-3H2,1H3;1H2. The van der Waals surface area contributed by atoms with Gasteiger partial charge in [-0.25, -0.2) is 0 Å². The third-order valence-electron chi connectivity index (χ3n) is 15.3. The summed E-state index contributed by atoms with van der Waals surface area (Å²) in [6.07, 6.45) is 11.5. The first kappa shape index (κ1) is 92.6. The number of amides is 3. The van der Waals surface area contributed by atoms with Crippen molar-refractivity contribution in [2.75, 3.05) is 121 Å². The molecular formula is C82H100BrCl3N22O8. The molecule has 1 aliphatic rings. The van der Waals surface area contributed by atoms with Crippen LogP contribution in [0.1, 0.15) is 47.2 Å². The SMILES string of the molecule is CCOC(=O)CBr.CCOC(=O)CNc1ccn(Cc2ccccc2)n1.NC(=O)CNc1ccn(Cc2ccccc2)n1.NCCNc1ccn(Cc2ccccc2)n1.Nc1ccn(Cc2ccccc2)n1.O=C(CCl)NCCNc1ccn(Cc2ccccc2)n1.O=C(Cl)CCl.O=C1CN(c2ccn(Cc3ccccc3)n2)CCN1. The van der Waals surface area contributed by atoms with Gasteiger partial charge in [0.15, 0.2) is 5.82 Å². The van der Waals surface area contributed by atoms with E-state index in [9.17, 15) is 28.8 Å². The fourth-order valence-corrected chi connectivity index (χ4v) is 10.4. The number of nitrogen functional groups attached to an aromatic ring is 1. The van der Waals surface area contributed by atoms with Crippen molar-refractivity contribution in [2.24, 2.45) is 11.5 Å². The molecule has 1 aliphatic heterocycles. The highest BCUT2D eigenvalue weighted by atomic mass is 79.9. The van der Waals surface area contributed by atoms with E-state index in [1.165, 1.54) is 33.4 Å². The molecule has 0 saturated carbocycles. The van der Waals surface area contributed by atoms with Crippen LogP contribution in [0.5, 0.6) is 0 Å². The minimum atomic E-state index is -0.508. The van der Waals surface area contributed by atoms with Crippen LogP contribution in [-0.4, -0.2) is 183 Å². The van der Waals surface area contributed by atoms with Gasteiger partial charge >= 0.3 is 11.9 Å². The van der Waals surface area contributed by atoms with Gasteiger partial charge in [0.25, 0.3) is 0 Å². The van der Waals surface area contributed by atoms with Crippen molar-refractivity contribution < 1.29 is 38.2 Å². The summed E-state index contributed by atoms with van der Waals surface area (Å²) in [5.74, 6) is 3.33. The number of nitrogens with two attached hydrogens (primary N) is 3. The molecule has 12 N–H and O–H groups in total. The highest BCUT2D eigenvalue weighted by Gasteiger charge is 2.18. The van der Waals surface area contributed by atoms with E-state index in [1.54, 1.807) is 24.6 Å². The average Bonchev–Trinajstić information content (AvgIpc) is 1.70. The monoisotopic (exact) mass is 1700 g/mol. The molecule has 0 radical (unpaired) electrons. The van der Waals surface area contributed by atoms with Gasteiger partial charge < -0.3 is 63.5 Å². The van der Waals surface area contributed by atoms with Crippen LogP contribution in [0.25, 0.3) is 0 Å². The number of primary amides is 1. The molecule has 30 nitrogen and oxygen atoms in total. The maximum Gasteiger partial charge on any atom is 0.325 e. The van der Waals surface area contributed by atoms with Gasteiger partial charge in [-0.1, -0.05) is 198 Å². The fourth-order valence-electron chi connectivity index (χ4n) is 10.1. The Morgan fingerprint density at radius 3 is 1.13 bits per heavy atom. The van der Waals surface area contributed by atoms with Crippen LogP contribution in [0.3, 0.4) is 0 Å². The highest BCUT2D eigenvalue weighted by molar-refractivity contribution is 9.09. The molecule has 0 aliphatic carbocycles. The number of rotatable bonds is 31. The predicted octanol–water partition coefficient (Wildman–Crippen LogP) is 10.1. The van der Waals surface area contributed by atoms with Crippen molar-refractivity contribution >= 4 is 121 Å². The normalized spacial score (nSPS) is 10.8. The maximum atomic E-state index is 11.4. The topological polar surface area (TPSA) is 381 Å². The molecule has 1 saturated heterocycles. The van der Waals surface area contributed by atoms with Crippen LogP contribution in [0.2, 0.25) is 0 Å². The zero-order chi connectivity index (χ0) is 83.2. The lowest BCUT2D eigenvalue weighted by Crippen LogP contribution is -2.47. The lowest BCUT2D eigenvalue weighted by molar-refractivity contribution is -0.141. The van der Waals surface area contributed by atoms with E-state index in [0.717, 1.165) is 56.7 Å². The summed E-state index contributed by atoms with van der Waals surface area (Å²) in [6, 6.07) is 72.2. The molecule has 6 aromatic heterocycles. The van der Waals surface area contributed by atoms with Crippen LogP contribution in [0.15, 0.2) is 256 Å². The lowest BCUT2D eigenvalue weighted by atomic mass is 10.2. The Bertz CT molecular complexity index is 4690. The van der Waals surface area contributed by atoms with Crippen LogP contribution in [0, 0.1) is 0 Å². The van der Waals surface area contributed by atoms with E-state index in [1.807, 2.05) is 229 Å². The first-order valence-corrected chi connectivity index (χ1v) is 39.6. The van der Waals surface area contributed by atoms with Gasteiger partial charge in [-0.05, 0) is 64.9 Å². The molecule has 34 heteroatoms. The van der Waals surface area contributed by atoms with E-state index in [0.29, 0.717) is 81.8 Å². The summed E-state index contributed by atoms with van der Waals surface area (Å²) in [5, 5.41) is 43.4. The molecule has 614 valence electrons. The number of benzene rings is 6. The Kier molecular flexibility index (Phi) is 44.1. The summed E-state index contributed by atoms with van der Waals surface area (Å²) in [4.78, 5) is 65.7. The summed E-state index contributed by atoms with van der Waals surface area (Å²) < 4.78 is 20.5. The number of hydrogen-bond acceptors (Lipinski definition) is 21. The Balaban J connectivity index is 0.000000211. The van der Waals surface area contributed by atoms with E-state index >= 15 is 0 Å². The molecule has 6 aromatic carbocycles. The number of carbonyl (C=O) groups is 6. The fraction of sp³-hybridized carbons (Fsp3) is 0.268. The predicted molar refractivity (Wildman–Crippen MR) is 461 cm³/mol. The van der Waals surface area contributed by atoms with Gasteiger partial charge in [0.1, 0.15) is 46.8 Å². The van der Waals surface area contributed by atoms with E-state index < -0.39 is 11.1 Å². The van der Waals surface area contributed by atoms with Crippen molar-refractivity contribution in [1.82, 2.24) is 69.3 Å². The van der Waals surface area contributed by atoms with Crippen molar-refractivity contribution in [3.05, 3.63) is 289 Å². The molecule has 0 spiro atoms. The minimum absolute atomic E-state index is 0.00823. The number of piperazine rings is 1. The van der Waals surface area contributed by atoms with Gasteiger partial charge in [-0.15, -0.1) is 23.2 Å². The Morgan fingerprint density at radius 1 is 0.457 bits per heavy atom. The molecule has 13 rings (SSSR count). The molecule has 3 amide bonds. The Morgan fingerprint density at radius 2 is 0.802 bits per heavy atom. The van der Waals surface area contributed by atoms with Gasteiger partial charge in [-0.3, -0.25) is 56.9 Å². The molecule has 0 bridgehead atoms. The van der Waals surface area contributed by atoms with Crippen molar-refractivity contribution in [1.29, 1.82) is 0 Å². The second-order valence-electron chi connectivity index (χ2n) is 24.6. The number of anilines is 6. The number of halogens is 4. The van der Waals surface area contributed by atoms with Crippen LogP contribution < -0.4 is 54.0 Å². The quantitative estimate of drug-likeness (QED) is 0.00844. The molecule has 116 heavy (non-hydrogen) atoms.